The summed E-state index contributed by atoms with van der Waals surface area (Å²) in [5, 5.41) is 1.03. The van der Waals surface area contributed by atoms with Crippen LogP contribution < -0.4 is 0 Å². The van der Waals surface area contributed by atoms with E-state index in [2.05, 4.69) is 10.9 Å². The average molecular weight is 312 g/mol. The molecule has 0 bridgehead atoms. The molecule has 0 aliphatic carbocycles. The molecule has 5 heteroatoms. The van der Waals surface area contributed by atoms with Gasteiger partial charge in [0.2, 0.25) is 6.41 Å². The highest BCUT2D eigenvalue weighted by Crippen LogP contribution is 2.21. The quantitative estimate of drug-likeness (QED) is 0.461. The van der Waals surface area contributed by atoms with Gasteiger partial charge in [-0.2, -0.15) is 0 Å². The minimum Gasteiger partial charge on any atom is -0.464 e. The zero-order valence-electron chi connectivity index (χ0n) is 13.1. The Morgan fingerprint density at radius 3 is 2.96 bits per heavy atom. The number of benzene rings is 1. The number of carbonyl (C=O) groups is 2. The molecule has 0 spiro atoms. The van der Waals surface area contributed by atoms with Gasteiger partial charge in [-0.1, -0.05) is 18.2 Å². The van der Waals surface area contributed by atoms with Crippen molar-refractivity contribution in [2.45, 2.75) is 25.8 Å². The van der Waals surface area contributed by atoms with Gasteiger partial charge < -0.3 is 14.6 Å². The lowest BCUT2D eigenvalue weighted by molar-refractivity contribution is -0.151. The van der Waals surface area contributed by atoms with E-state index in [4.69, 9.17) is 11.2 Å². The van der Waals surface area contributed by atoms with Crippen LogP contribution in [0.25, 0.3) is 10.9 Å². The van der Waals surface area contributed by atoms with Gasteiger partial charge in [-0.25, -0.2) is 4.79 Å². The van der Waals surface area contributed by atoms with Crippen molar-refractivity contribution in [3.63, 3.8) is 0 Å². The molecule has 1 N–H and O–H groups in total. The zero-order chi connectivity index (χ0) is 16.7. The third-order valence-corrected chi connectivity index (χ3v) is 3.70. The van der Waals surface area contributed by atoms with Crippen LogP contribution in [0.2, 0.25) is 0 Å². The van der Waals surface area contributed by atoms with Gasteiger partial charge >= 0.3 is 5.97 Å². The van der Waals surface area contributed by atoms with Crippen molar-refractivity contribution in [3.8, 4) is 12.3 Å². The molecule has 1 amide bonds. The smallest absolute Gasteiger partial charge is 0.329 e. The number of ether oxygens (including phenoxy) is 1. The van der Waals surface area contributed by atoms with Crippen LogP contribution in [0.15, 0.2) is 30.5 Å². The molecule has 1 atom stereocenters. The van der Waals surface area contributed by atoms with Crippen molar-refractivity contribution < 1.29 is 14.3 Å². The number of fused-ring (bicyclic) bond motifs is 1. The van der Waals surface area contributed by atoms with Crippen LogP contribution in [0.5, 0.6) is 0 Å². The molecule has 0 radical (unpaired) electrons. The zero-order valence-corrected chi connectivity index (χ0v) is 13.1. The van der Waals surface area contributed by atoms with Crippen LogP contribution in [0.4, 0.5) is 0 Å². The molecule has 1 heterocycles. The average Bonchev–Trinajstić information content (AvgIpc) is 2.97. The van der Waals surface area contributed by atoms with E-state index < -0.39 is 12.0 Å². The van der Waals surface area contributed by atoms with Gasteiger partial charge in [-0.3, -0.25) is 4.79 Å². The van der Waals surface area contributed by atoms with E-state index in [1.54, 1.807) is 6.92 Å². The van der Waals surface area contributed by atoms with Crippen LogP contribution in [0, 0.1) is 12.3 Å². The molecule has 0 aliphatic heterocycles. The summed E-state index contributed by atoms with van der Waals surface area (Å²) in [6.45, 7) is 2.34. The molecule has 1 aromatic carbocycles. The monoisotopic (exact) mass is 312 g/mol. The molecule has 2 rings (SSSR count). The minimum atomic E-state index is -0.681. The van der Waals surface area contributed by atoms with Crippen molar-refractivity contribution >= 4 is 23.3 Å². The Labute approximate surface area is 135 Å². The van der Waals surface area contributed by atoms with Crippen molar-refractivity contribution in [2.24, 2.45) is 0 Å². The molecule has 0 saturated heterocycles. The van der Waals surface area contributed by atoms with Gasteiger partial charge in [0.15, 0.2) is 0 Å². The number of hydrogen-bond acceptors (Lipinski definition) is 3. The third-order valence-electron chi connectivity index (χ3n) is 3.70. The lowest BCUT2D eigenvalue weighted by atomic mass is 10.0. The first-order valence-corrected chi connectivity index (χ1v) is 7.57. The highest BCUT2D eigenvalue weighted by Gasteiger charge is 2.27. The lowest BCUT2D eigenvalue weighted by Crippen LogP contribution is -2.43. The normalized spacial score (nSPS) is 11.7. The predicted molar refractivity (Wildman–Crippen MR) is 88.6 cm³/mol. The van der Waals surface area contributed by atoms with Crippen molar-refractivity contribution in [1.29, 1.82) is 0 Å². The van der Waals surface area contributed by atoms with Crippen molar-refractivity contribution in [2.75, 3.05) is 13.2 Å². The Morgan fingerprint density at radius 1 is 1.48 bits per heavy atom. The summed E-state index contributed by atoms with van der Waals surface area (Å²) in [7, 11) is 0. The SMILES string of the molecule is C#CCCN(C=O)C(Cc1c[nH]c2ccccc12)C(=O)OCC. The number of nitrogens with one attached hydrogen (secondary N) is 1. The van der Waals surface area contributed by atoms with Gasteiger partial charge in [-0.05, 0) is 18.6 Å². The number of nitrogens with zero attached hydrogens (tertiary/aromatic N) is 1. The van der Waals surface area contributed by atoms with Crippen LogP contribution in [0.3, 0.4) is 0 Å². The van der Waals surface area contributed by atoms with Crippen LogP contribution in [-0.4, -0.2) is 41.5 Å². The Morgan fingerprint density at radius 2 is 2.26 bits per heavy atom. The highest BCUT2D eigenvalue weighted by atomic mass is 16.5. The minimum absolute atomic E-state index is 0.269. The maximum atomic E-state index is 12.3. The van der Waals surface area contributed by atoms with E-state index in [1.165, 1.54) is 4.90 Å². The number of para-hydroxylation sites is 1. The molecule has 0 fully saturated rings. The fourth-order valence-corrected chi connectivity index (χ4v) is 2.56. The number of terminal acetylenes is 1. The summed E-state index contributed by atoms with van der Waals surface area (Å²) >= 11 is 0. The molecule has 1 aromatic heterocycles. The third kappa shape index (κ3) is 3.92. The first-order valence-electron chi connectivity index (χ1n) is 7.57. The highest BCUT2D eigenvalue weighted by molar-refractivity contribution is 5.85. The molecular formula is C18H20N2O3. The van der Waals surface area contributed by atoms with Crippen molar-refractivity contribution in [1.82, 2.24) is 9.88 Å². The Kier molecular flexibility index (Phi) is 5.81. The molecule has 2 aromatic rings. The topological polar surface area (TPSA) is 62.4 Å². The summed E-state index contributed by atoms with van der Waals surface area (Å²) in [6, 6.07) is 7.15. The number of rotatable bonds is 8. The molecule has 120 valence electrons. The van der Waals surface area contributed by atoms with Crippen LogP contribution in [0.1, 0.15) is 18.9 Å². The van der Waals surface area contributed by atoms with Crippen LogP contribution >= 0.6 is 0 Å². The largest absolute Gasteiger partial charge is 0.464 e. The van der Waals surface area contributed by atoms with Crippen molar-refractivity contribution in [3.05, 3.63) is 36.0 Å². The van der Waals surface area contributed by atoms with Crippen LogP contribution in [-0.2, 0) is 20.7 Å². The Hall–Kier alpha value is -2.74. The van der Waals surface area contributed by atoms with E-state index in [0.717, 1.165) is 16.5 Å². The molecular weight excluding hydrogens is 292 g/mol. The Bertz CT molecular complexity index is 714. The number of amides is 1. The van der Waals surface area contributed by atoms with E-state index >= 15 is 0 Å². The van der Waals surface area contributed by atoms with Gasteiger partial charge in [0.05, 0.1) is 6.61 Å². The first-order chi connectivity index (χ1) is 11.2. The van der Waals surface area contributed by atoms with E-state index in [-0.39, 0.29) is 6.61 Å². The predicted octanol–water partition coefficient (Wildman–Crippen LogP) is 2.12. The molecule has 0 saturated carbocycles. The number of carbonyl (C=O) groups excluding carboxylic acids is 2. The fourth-order valence-electron chi connectivity index (χ4n) is 2.56. The summed E-state index contributed by atoms with van der Waals surface area (Å²) in [4.78, 5) is 28.3. The number of hydrogen-bond donors (Lipinski definition) is 1. The summed E-state index contributed by atoms with van der Waals surface area (Å²) in [5.41, 5.74) is 1.96. The van der Waals surface area contributed by atoms with Gasteiger partial charge in [-0.15, -0.1) is 12.3 Å². The second kappa shape index (κ2) is 8.04. The maximum Gasteiger partial charge on any atom is 0.329 e. The molecule has 0 aliphatic rings. The van der Waals surface area contributed by atoms with E-state index in [1.807, 2.05) is 30.5 Å². The second-order valence-electron chi connectivity index (χ2n) is 5.13. The fraction of sp³-hybridized carbons (Fsp3) is 0.333. The van der Waals surface area contributed by atoms with E-state index in [0.29, 0.717) is 25.8 Å². The van der Waals surface area contributed by atoms with Gasteiger partial charge in [0.1, 0.15) is 6.04 Å². The molecule has 1 unspecified atom stereocenters. The summed E-state index contributed by atoms with van der Waals surface area (Å²) in [5.74, 6) is 2.07. The van der Waals surface area contributed by atoms with Gasteiger partial charge in [0, 0.05) is 36.5 Å². The maximum absolute atomic E-state index is 12.3. The summed E-state index contributed by atoms with van der Waals surface area (Å²) < 4.78 is 5.13. The summed E-state index contributed by atoms with van der Waals surface area (Å²) in [6.07, 6.45) is 8.56. The first kappa shape index (κ1) is 16.6. The number of esters is 1. The number of H-pyrrole nitrogens is 1. The van der Waals surface area contributed by atoms with E-state index in [9.17, 15) is 9.59 Å². The molecule has 5 nitrogen and oxygen atoms in total. The van der Waals surface area contributed by atoms with Gasteiger partial charge in [0.25, 0.3) is 0 Å². The second-order valence-corrected chi connectivity index (χ2v) is 5.13. The lowest BCUT2D eigenvalue weighted by Gasteiger charge is -2.26. The number of aromatic amines is 1. The molecule has 23 heavy (non-hydrogen) atoms. The number of aromatic nitrogens is 1. The standard InChI is InChI=1S/C18H20N2O3/c1-3-5-10-20(13-21)17(18(22)23-4-2)11-14-12-19-16-9-7-6-8-15(14)16/h1,6-9,12-13,17,19H,4-5,10-11H2,2H3. The Balaban J connectivity index is 2.27.